The molecule has 0 saturated heterocycles. The maximum absolute atomic E-state index is 13.0. The minimum absolute atomic E-state index is 0.176. The van der Waals surface area contributed by atoms with Crippen LogP contribution in [-0.2, 0) is 16.1 Å². The van der Waals surface area contributed by atoms with Gasteiger partial charge in [0, 0.05) is 55.4 Å². The van der Waals surface area contributed by atoms with E-state index >= 15 is 0 Å². The highest BCUT2D eigenvalue weighted by molar-refractivity contribution is 6.36. The Kier molecular flexibility index (Phi) is 14.3. The number of halogens is 6. The number of aliphatic imine (C=N–C) groups is 2. The smallest absolute Gasteiger partial charge is 0.273 e. The highest BCUT2D eigenvalue weighted by atomic mass is 35.5. The van der Waals surface area contributed by atoms with Gasteiger partial charge in [-0.15, -0.1) is 0 Å². The fourth-order valence-electron chi connectivity index (χ4n) is 8.39. The molecule has 2 aliphatic rings. The Morgan fingerprint density at radius 3 is 1.32 bits per heavy atom. The summed E-state index contributed by atoms with van der Waals surface area (Å²) >= 11 is 37.8. The van der Waals surface area contributed by atoms with Crippen molar-refractivity contribution in [1.82, 2.24) is 29.4 Å². The molecular weight excluding hydrogens is 993 g/mol. The van der Waals surface area contributed by atoms with E-state index in [1.54, 1.807) is 33.6 Å². The first kappa shape index (κ1) is 49.9. The van der Waals surface area contributed by atoms with Gasteiger partial charge in [-0.1, -0.05) is 138 Å². The molecule has 0 N–H and O–H groups in total. The Morgan fingerprint density at radius 1 is 0.522 bits per heavy atom. The molecular formula is C53H48Cl6N8O2. The third kappa shape index (κ3) is 9.85. The van der Waals surface area contributed by atoms with E-state index in [9.17, 15) is 9.59 Å². The topological polar surface area (TPSA) is 101 Å². The minimum atomic E-state index is -0.820. The van der Waals surface area contributed by atoms with Gasteiger partial charge in [0.05, 0.1) is 32.8 Å². The number of nitrogens with zero attached hydrogens (tertiary/aromatic N) is 8. The van der Waals surface area contributed by atoms with Crippen LogP contribution in [0.5, 0.6) is 0 Å². The first-order valence-corrected chi connectivity index (χ1v) is 24.4. The van der Waals surface area contributed by atoms with Crippen molar-refractivity contribution in [2.24, 2.45) is 15.9 Å². The number of benzene rings is 5. The first-order valence-electron chi connectivity index (χ1n) is 22.2. The standard InChI is InChI=1S/C28H23Cl3N4O.C25H25Cl3N4O/c1-17-24(26-32-27(36)28(2,3)34(26)16-18-7-5-4-6-8-18)33-35(23-14-13-21(30)15-22(23)31)25(17)19-9-11-20(29)12-10-19;1-14(2)13-31-23(29-24(33)25(31,4)5)21-15(3)22(16-6-8-17(26)9-7-16)32(30-21)20-11-10-18(27)12-19(20)28/h4-15H,16H2,1-3H3;6-12,14H,13H2,1-5H3. The number of amides is 2. The summed E-state index contributed by atoms with van der Waals surface area (Å²) in [5, 5.41) is 13.2. The molecule has 10 nitrogen and oxygen atoms in total. The molecule has 9 rings (SSSR count). The maximum atomic E-state index is 13.0. The van der Waals surface area contributed by atoms with E-state index in [0.29, 0.717) is 83.6 Å². The molecule has 0 fully saturated rings. The highest BCUT2D eigenvalue weighted by Gasteiger charge is 2.46. The predicted molar refractivity (Wildman–Crippen MR) is 282 cm³/mol. The molecule has 2 amide bonds. The van der Waals surface area contributed by atoms with Gasteiger partial charge in [0.2, 0.25) is 0 Å². The number of carbonyl (C=O) groups is 2. The van der Waals surface area contributed by atoms with Gasteiger partial charge >= 0.3 is 0 Å². The Bertz CT molecular complexity index is 3180. The average Bonchev–Trinajstić information content (AvgIpc) is 3.95. The van der Waals surface area contributed by atoms with Crippen LogP contribution in [0.4, 0.5) is 0 Å². The molecule has 4 heterocycles. The van der Waals surface area contributed by atoms with Gasteiger partial charge in [-0.2, -0.15) is 20.2 Å². The van der Waals surface area contributed by atoms with Crippen molar-refractivity contribution in [3.63, 3.8) is 0 Å². The van der Waals surface area contributed by atoms with Crippen molar-refractivity contribution in [3.8, 4) is 33.9 Å². The molecule has 354 valence electrons. The first-order chi connectivity index (χ1) is 32.7. The van der Waals surface area contributed by atoms with Crippen LogP contribution in [-0.4, -0.2) is 70.5 Å². The van der Waals surface area contributed by atoms with Crippen LogP contribution in [0.3, 0.4) is 0 Å². The third-order valence-corrected chi connectivity index (χ3v) is 13.8. The molecule has 0 unspecified atom stereocenters. The van der Waals surface area contributed by atoms with Crippen molar-refractivity contribution in [3.05, 3.63) is 173 Å². The molecule has 2 aliphatic heterocycles. The lowest BCUT2D eigenvalue weighted by atomic mass is 10.0. The molecule has 69 heavy (non-hydrogen) atoms. The molecule has 0 spiro atoms. The van der Waals surface area contributed by atoms with E-state index in [0.717, 1.165) is 39.2 Å². The zero-order chi connectivity index (χ0) is 49.7. The fraction of sp³-hybridized carbons (Fsp3) is 0.245. The Labute approximate surface area is 432 Å². The molecule has 5 aromatic carbocycles. The average molecular weight is 1040 g/mol. The quantitative estimate of drug-likeness (QED) is 0.135. The van der Waals surface area contributed by atoms with Crippen LogP contribution < -0.4 is 0 Å². The number of amidine groups is 2. The minimum Gasteiger partial charge on any atom is -0.340 e. The van der Waals surface area contributed by atoms with Crippen LogP contribution >= 0.6 is 69.6 Å². The van der Waals surface area contributed by atoms with Gasteiger partial charge in [0.1, 0.15) is 22.5 Å². The number of aromatic nitrogens is 4. The Hall–Kier alpha value is -5.46. The van der Waals surface area contributed by atoms with E-state index < -0.39 is 11.1 Å². The molecule has 0 atom stereocenters. The van der Waals surface area contributed by atoms with E-state index in [-0.39, 0.29) is 11.8 Å². The summed E-state index contributed by atoms with van der Waals surface area (Å²) < 4.78 is 3.57. The number of carbonyl (C=O) groups excluding carboxylic acids is 2. The third-order valence-electron chi connectivity index (χ3n) is 12.2. The summed E-state index contributed by atoms with van der Waals surface area (Å²) in [4.78, 5) is 38.9. The van der Waals surface area contributed by atoms with Crippen molar-refractivity contribution in [1.29, 1.82) is 0 Å². The second-order valence-electron chi connectivity index (χ2n) is 18.3. The molecule has 2 aromatic heterocycles. The number of rotatable bonds is 10. The lowest BCUT2D eigenvalue weighted by Crippen LogP contribution is -2.48. The molecule has 16 heteroatoms. The highest BCUT2D eigenvalue weighted by Crippen LogP contribution is 2.39. The normalized spacial score (nSPS) is 15.2. The van der Waals surface area contributed by atoms with Gasteiger partial charge in [0.25, 0.3) is 11.8 Å². The van der Waals surface area contributed by atoms with Crippen LogP contribution in [0.15, 0.2) is 125 Å². The van der Waals surface area contributed by atoms with Crippen LogP contribution in [0.25, 0.3) is 33.9 Å². The second-order valence-corrected chi connectivity index (χ2v) is 20.9. The Morgan fingerprint density at radius 2 is 0.913 bits per heavy atom. The molecule has 0 aliphatic carbocycles. The van der Waals surface area contributed by atoms with Gasteiger partial charge < -0.3 is 9.80 Å². The predicted octanol–water partition coefficient (Wildman–Crippen LogP) is 14.2. The van der Waals surface area contributed by atoms with Crippen LogP contribution in [0.1, 0.15) is 69.6 Å². The monoisotopic (exact) mass is 1040 g/mol. The van der Waals surface area contributed by atoms with Gasteiger partial charge in [-0.3, -0.25) is 9.59 Å². The summed E-state index contributed by atoms with van der Waals surface area (Å²) in [5.41, 5.74) is 7.36. The lowest BCUT2D eigenvalue weighted by molar-refractivity contribution is -0.124. The molecule has 0 radical (unpaired) electrons. The van der Waals surface area contributed by atoms with Gasteiger partial charge in [-0.25, -0.2) is 9.36 Å². The summed E-state index contributed by atoms with van der Waals surface area (Å²) in [6.07, 6.45) is 0. The lowest BCUT2D eigenvalue weighted by Gasteiger charge is -2.33. The van der Waals surface area contributed by atoms with E-state index in [1.807, 2.05) is 137 Å². The fourth-order valence-corrected chi connectivity index (χ4v) is 9.62. The van der Waals surface area contributed by atoms with E-state index in [4.69, 9.17) is 79.8 Å². The van der Waals surface area contributed by atoms with Crippen molar-refractivity contribution >= 4 is 93.1 Å². The zero-order valence-electron chi connectivity index (χ0n) is 39.1. The zero-order valence-corrected chi connectivity index (χ0v) is 43.7. The summed E-state index contributed by atoms with van der Waals surface area (Å²) in [6, 6.07) is 35.7. The number of hydrogen-bond donors (Lipinski definition) is 0. The molecule has 7 aromatic rings. The van der Waals surface area contributed by atoms with Crippen LogP contribution in [0.2, 0.25) is 30.1 Å². The van der Waals surface area contributed by atoms with Gasteiger partial charge in [-0.05, 0) is 114 Å². The van der Waals surface area contributed by atoms with Crippen LogP contribution in [0, 0.1) is 19.8 Å². The summed E-state index contributed by atoms with van der Waals surface area (Å²) in [6.45, 7) is 17.0. The Balaban J connectivity index is 0.000000187. The molecule has 0 bridgehead atoms. The van der Waals surface area contributed by atoms with Crippen molar-refractivity contribution in [2.45, 2.75) is 73.0 Å². The van der Waals surface area contributed by atoms with E-state index in [1.165, 1.54) is 0 Å². The SMILES string of the molecule is Cc1c(C2=NC(=O)C(C)(C)N2CC(C)C)nn(-c2ccc(Cl)cc2Cl)c1-c1ccc(Cl)cc1.Cc1c(C2=NC(=O)C(C)(C)N2Cc2ccccc2)nn(-c2ccc(Cl)cc2Cl)c1-c1ccc(Cl)cc1. The van der Waals surface area contributed by atoms with Gasteiger partial charge in [0.15, 0.2) is 11.7 Å². The van der Waals surface area contributed by atoms with Crippen molar-refractivity contribution < 1.29 is 9.59 Å². The van der Waals surface area contributed by atoms with E-state index in [2.05, 4.69) is 28.7 Å². The van der Waals surface area contributed by atoms with Crippen molar-refractivity contribution in [2.75, 3.05) is 6.54 Å². The summed E-state index contributed by atoms with van der Waals surface area (Å²) in [5.74, 6) is 1.06. The summed E-state index contributed by atoms with van der Waals surface area (Å²) in [7, 11) is 0. The largest absolute Gasteiger partial charge is 0.340 e. The maximum Gasteiger partial charge on any atom is 0.273 e. The number of hydrogen-bond acceptors (Lipinski definition) is 6. The molecule has 0 saturated carbocycles. The second kappa shape index (κ2) is 19.7.